The second-order valence-corrected chi connectivity index (χ2v) is 4.91. The van der Waals surface area contributed by atoms with Crippen molar-refractivity contribution in [3.05, 3.63) is 0 Å². The highest BCUT2D eigenvalue weighted by atomic mass is 16.4. The molecule has 6 nitrogen and oxygen atoms in total. The molecule has 0 radical (unpaired) electrons. The number of carbonyl (C=O) groups is 2. The number of rotatable bonds is 6. The largest absolute Gasteiger partial charge is 0.544 e. The maximum Gasteiger partial charge on any atom is 0.313 e. The lowest BCUT2D eigenvalue weighted by molar-refractivity contribution is -0.892. The summed E-state index contributed by atoms with van der Waals surface area (Å²) >= 11 is 0. The van der Waals surface area contributed by atoms with Gasteiger partial charge in [-0.1, -0.05) is 0 Å². The zero-order valence-corrected chi connectivity index (χ0v) is 10.0. The van der Waals surface area contributed by atoms with Gasteiger partial charge in [0.05, 0.1) is 27.2 Å². The molecule has 2 N–H and O–H groups in total. The Bertz CT molecular complexity index is 269. The van der Waals surface area contributed by atoms with Crippen molar-refractivity contribution in [2.45, 2.75) is 25.5 Å². The summed E-state index contributed by atoms with van der Waals surface area (Å²) in [7, 11) is 4.75. The van der Waals surface area contributed by atoms with Crippen molar-refractivity contribution in [3.63, 3.8) is 0 Å². The Balaban J connectivity index is 5.12. The molecule has 0 aromatic heterocycles. The number of carbonyl (C=O) groups excluding carboxylic acids is 1. The second-order valence-electron chi connectivity index (χ2n) is 4.91. The number of hydrogen-bond donors (Lipinski definition) is 2. The van der Waals surface area contributed by atoms with Crippen molar-refractivity contribution in [1.82, 2.24) is 0 Å². The highest BCUT2D eigenvalue weighted by Gasteiger charge is 2.39. The van der Waals surface area contributed by atoms with Gasteiger partial charge in [-0.25, -0.2) is 0 Å². The lowest BCUT2D eigenvalue weighted by atomic mass is 9.92. The van der Waals surface area contributed by atoms with Crippen LogP contribution in [0.4, 0.5) is 0 Å². The summed E-state index contributed by atoms with van der Waals surface area (Å²) in [6.07, 6.45) is -0.974. The van der Waals surface area contributed by atoms with Gasteiger partial charge in [-0.2, -0.15) is 0 Å². The van der Waals surface area contributed by atoms with E-state index in [0.29, 0.717) is 0 Å². The average Bonchev–Trinajstić information content (AvgIpc) is 1.97. The maximum atomic E-state index is 11.0. The first-order chi connectivity index (χ1) is 7.07. The predicted molar refractivity (Wildman–Crippen MR) is 54.3 cm³/mol. The lowest BCUT2D eigenvalue weighted by Gasteiger charge is -2.38. The van der Waals surface area contributed by atoms with E-state index in [1.165, 1.54) is 6.92 Å². The number of aliphatic carboxylic acids is 2. The standard InChI is InChI=1S/C10H19NO5/c1-6(12)5-7(9(13)14)8(10(15)16)11(2,3)4/h6-8,12H,5H2,1-4H3,(H-,13,14,15,16)/t6-,7?,8?/m0/s1. The summed E-state index contributed by atoms with van der Waals surface area (Å²) in [6.45, 7) is 1.43. The normalized spacial score (nSPS) is 17.6. The van der Waals surface area contributed by atoms with E-state index in [0.717, 1.165) is 0 Å². The summed E-state index contributed by atoms with van der Waals surface area (Å²) in [5.41, 5.74) is 0. The summed E-state index contributed by atoms with van der Waals surface area (Å²) in [4.78, 5) is 22.0. The van der Waals surface area contributed by atoms with Gasteiger partial charge < -0.3 is 24.6 Å². The number of nitrogens with zero attached hydrogens (tertiary/aromatic N) is 1. The molecule has 6 heteroatoms. The molecule has 0 fully saturated rings. The molecule has 2 unspecified atom stereocenters. The Morgan fingerprint density at radius 1 is 1.31 bits per heavy atom. The first-order valence-electron chi connectivity index (χ1n) is 5.00. The van der Waals surface area contributed by atoms with E-state index in [1.54, 1.807) is 21.1 Å². The van der Waals surface area contributed by atoms with Crippen molar-refractivity contribution in [2.75, 3.05) is 21.1 Å². The van der Waals surface area contributed by atoms with Crippen molar-refractivity contribution in [2.24, 2.45) is 5.92 Å². The number of likely N-dealkylation sites (N-methyl/N-ethyl adjacent to an activating group) is 1. The molecule has 0 aromatic rings. The SMILES string of the molecule is C[C@H](O)CC(C(=O)O)C(C(=O)[O-])[N+](C)(C)C. The fourth-order valence-corrected chi connectivity index (χ4v) is 1.75. The molecule has 0 aliphatic carbocycles. The fraction of sp³-hybridized carbons (Fsp3) is 0.800. The Morgan fingerprint density at radius 2 is 1.75 bits per heavy atom. The van der Waals surface area contributed by atoms with E-state index >= 15 is 0 Å². The van der Waals surface area contributed by atoms with Crippen LogP contribution < -0.4 is 5.11 Å². The number of carboxylic acid groups (broad SMARTS) is 2. The molecule has 0 bridgehead atoms. The molecule has 0 aromatic carbocycles. The topological polar surface area (TPSA) is 97.7 Å². The Kier molecular flexibility index (Phi) is 4.89. The van der Waals surface area contributed by atoms with E-state index in [2.05, 4.69) is 0 Å². The summed E-state index contributed by atoms with van der Waals surface area (Å²) < 4.78 is -0.0635. The molecule has 94 valence electrons. The van der Waals surface area contributed by atoms with Crippen molar-refractivity contribution < 1.29 is 29.4 Å². The molecular weight excluding hydrogens is 214 g/mol. The third kappa shape index (κ3) is 4.16. The molecule has 0 amide bonds. The lowest BCUT2D eigenvalue weighted by Crippen LogP contribution is -2.60. The van der Waals surface area contributed by atoms with Crippen LogP contribution in [0.25, 0.3) is 0 Å². The van der Waals surface area contributed by atoms with E-state index in [4.69, 9.17) is 5.11 Å². The minimum Gasteiger partial charge on any atom is -0.544 e. The smallest absolute Gasteiger partial charge is 0.313 e. The van der Waals surface area contributed by atoms with Crippen LogP contribution in [0.2, 0.25) is 0 Å². The molecule has 0 heterocycles. The van der Waals surface area contributed by atoms with Gasteiger partial charge in [-0.15, -0.1) is 0 Å². The van der Waals surface area contributed by atoms with Gasteiger partial charge in [0.15, 0.2) is 0 Å². The molecule has 16 heavy (non-hydrogen) atoms. The minimum atomic E-state index is -1.42. The summed E-state index contributed by atoms with van der Waals surface area (Å²) in [6, 6.07) is -1.19. The van der Waals surface area contributed by atoms with Crippen LogP contribution in [-0.4, -0.2) is 59.9 Å². The van der Waals surface area contributed by atoms with Crippen LogP contribution in [0.5, 0.6) is 0 Å². The molecule has 0 aliphatic heterocycles. The van der Waals surface area contributed by atoms with Crippen LogP contribution in [0.3, 0.4) is 0 Å². The zero-order chi connectivity index (χ0) is 13.1. The number of hydrogen-bond acceptors (Lipinski definition) is 4. The molecule has 3 atom stereocenters. The highest BCUT2D eigenvalue weighted by molar-refractivity contribution is 5.80. The average molecular weight is 233 g/mol. The third-order valence-electron chi connectivity index (χ3n) is 2.37. The number of aliphatic hydroxyl groups excluding tert-OH is 1. The van der Waals surface area contributed by atoms with Crippen molar-refractivity contribution in [3.8, 4) is 0 Å². The first kappa shape index (κ1) is 14.9. The van der Waals surface area contributed by atoms with Crippen LogP contribution in [0, 0.1) is 5.92 Å². The van der Waals surface area contributed by atoms with E-state index in [1.807, 2.05) is 0 Å². The minimum absolute atomic E-state index is 0.0635. The molecule has 0 spiro atoms. The molecule has 0 aliphatic rings. The van der Waals surface area contributed by atoms with Crippen LogP contribution in [0.15, 0.2) is 0 Å². The Morgan fingerprint density at radius 3 is 1.94 bits per heavy atom. The predicted octanol–water partition coefficient (Wildman–Crippen LogP) is -1.72. The second kappa shape index (κ2) is 5.27. The number of quaternary nitrogens is 1. The van der Waals surface area contributed by atoms with E-state index in [9.17, 15) is 19.8 Å². The first-order valence-corrected chi connectivity index (χ1v) is 5.00. The molecule has 0 saturated carbocycles. The fourth-order valence-electron chi connectivity index (χ4n) is 1.75. The van der Waals surface area contributed by atoms with Gasteiger partial charge in [-0.3, -0.25) is 4.79 Å². The van der Waals surface area contributed by atoms with Crippen molar-refractivity contribution >= 4 is 11.9 Å². The van der Waals surface area contributed by atoms with Gasteiger partial charge >= 0.3 is 5.97 Å². The van der Waals surface area contributed by atoms with Crippen molar-refractivity contribution in [1.29, 1.82) is 0 Å². The molecule has 0 saturated heterocycles. The third-order valence-corrected chi connectivity index (χ3v) is 2.37. The van der Waals surface area contributed by atoms with Crippen LogP contribution in [-0.2, 0) is 9.59 Å². The van der Waals surface area contributed by atoms with Gasteiger partial charge in [0.1, 0.15) is 17.9 Å². The maximum absolute atomic E-state index is 11.0. The monoisotopic (exact) mass is 233 g/mol. The highest BCUT2D eigenvalue weighted by Crippen LogP contribution is 2.19. The molecule has 0 rings (SSSR count). The van der Waals surface area contributed by atoms with Gasteiger partial charge in [0, 0.05) is 0 Å². The Hall–Kier alpha value is -1.14. The summed E-state index contributed by atoms with van der Waals surface area (Å²) in [5, 5.41) is 29.2. The van der Waals surface area contributed by atoms with E-state index < -0.39 is 30.0 Å². The van der Waals surface area contributed by atoms with E-state index in [-0.39, 0.29) is 10.9 Å². The van der Waals surface area contributed by atoms with Gasteiger partial charge in [0.2, 0.25) is 0 Å². The number of aliphatic hydroxyl groups is 1. The Labute approximate surface area is 94.7 Å². The molecular formula is C10H19NO5. The quantitative estimate of drug-likeness (QED) is 0.532. The summed E-state index contributed by atoms with van der Waals surface area (Å²) in [5.74, 6) is -3.81. The number of carboxylic acids is 2. The van der Waals surface area contributed by atoms with Crippen LogP contribution in [0.1, 0.15) is 13.3 Å². The van der Waals surface area contributed by atoms with Gasteiger partial charge in [0.25, 0.3) is 0 Å². The zero-order valence-electron chi connectivity index (χ0n) is 10.0. The van der Waals surface area contributed by atoms with Crippen LogP contribution >= 0.6 is 0 Å². The van der Waals surface area contributed by atoms with Gasteiger partial charge in [-0.05, 0) is 13.3 Å².